The second kappa shape index (κ2) is 5.71. The summed E-state index contributed by atoms with van der Waals surface area (Å²) >= 11 is 0. The van der Waals surface area contributed by atoms with Crippen LogP contribution in [0.15, 0.2) is 76.3 Å². The smallest absolute Gasteiger partial charge is 0.250 e. The monoisotopic (exact) mass is 280 g/mol. The zero-order valence-corrected chi connectivity index (χ0v) is 11.7. The second-order valence-corrected chi connectivity index (χ2v) is 4.87. The lowest BCUT2D eigenvalue weighted by molar-refractivity contribution is 0.499. The summed E-state index contributed by atoms with van der Waals surface area (Å²) in [4.78, 5) is 11.5. The van der Waals surface area contributed by atoms with Crippen molar-refractivity contribution < 1.29 is 4.42 Å². The summed E-state index contributed by atoms with van der Waals surface area (Å²) in [6.07, 6.45) is 3.44. The van der Waals surface area contributed by atoms with Crippen molar-refractivity contribution in [1.29, 1.82) is 0 Å². The maximum absolute atomic E-state index is 11.5. The average Bonchev–Trinajstić information content (AvgIpc) is 3.03. The van der Waals surface area contributed by atoms with Gasteiger partial charge in [0.15, 0.2) is 0 Å². The van der Waals surface area contributed by atoms with Crippen molar-refractivity contribution >= 4 is 5.69 Å². The van der Waals surface area contributed by atoms with Gasteiger partial charge in [-0.3, -0.25) is 4.79 Å². The van der Waals surface area contributed by atoms with E-state index in [1.165, 1.54) is 0 Å². The van der Waals surface area contributed by atoms with E-state index in [2.05, 4.69) is 5.32 Å². The largest absolute Gasteiger partial charge is 0.467 e. The van der Waals surface area contributed by atoms with Gasteiger partial charge in [0.25, 0.3) is 0 Å². The molecule has 1 aromatic carbocycles. The van der Waals surface area contributed by atoms with Gasteiger partial charge >= 0.3 is 0 Å². The predicted molar refractivity (Wildman–Crippen MR) is 82.3 cm³/mol. The molecule has 0 fully saturated rings. The van der Waals surface area contributed by atoms with E-state index in [1.54, 1.807) is 36.2 Å². The molecule has 2 aromatic heterocycles. The van der Waals surface area contributed by atoms with Gasteiger partial charge in [0.2, 0.25) is 5.56 Å². The number of nitrogens with one attached hydrogen (secondary N) is 1. The molecule has 0 aliphatic heterocycles. The van der Waals surface area contributed by atoms with Gasteiger partial charge in [0, 0.05) is 19.3 Å². The highest BCUT2D eigenvalue weighted by Crippen LogP contribution is 2.26. The summed E-state index contributed by atoms with van der Waals surface area (Å²) in [7, 11) is 1.73. The number of rotatable bonds is 4. The van der Waals surface area contributed by atoms with Crippen LogP contribution in [-0.2, 0) is 7.05 Å². The molecular formula is C17H16N2O2. The molecule has 0 saturated carbocycles. The van der Waals surface area contributed by atoms with Crippen LogP contribution in [-0.4, -0.2) is 4.57 Å². The van der Waals surface area contributed by atoms with Crippen molar-refractivity contribution in [2.75, 3.05) is 5.32 Å². The van der Waals surface area contributed by atoms with Crippen LogP contribution < -0.4 is 10.9 Å². The number of benzene rings is 1. The van der Waals surface area contributed by atoms with Gasteiger partial charge in [-0.15, -0.1) is 0 Å². The summed E-state index contributed by atoms with van der Waals surface area (Å²) < 4.78 is 7.09. The third-order valence-electron chi connectivity index (χ3n) is 3.36. The minimum Gasteiger partial charge on any atom is -0.467 e. The number of hydrogen-bond acceptors (Lipinski definition) is 3. The van der Waals surface area contributed by atoms with Gasteiger partial charge in [0.05, 0.1) is 12.0 Å². The standard InChI is InChI=1S/C17H16N2O2/c1-19-12-14(9-10-16(19)20)18-17(15-8-5-11-21-15)13-6-3-2-4-7-13/h2-12,17-18H,1H3. The lowest BCUT2D eigenvalue weighted by Gasteiger charge is -2.18. The second-order valence-electron chi connectivity index (χ2n) is 4.87. The Hall–Kier alpha value is -2.75. The molecule has 0 aliphatic rings. The number of hydrogen-bond donors (Lipinski definition) is 1. The summed E-state index contributed by atoms with van der Waals surface area (Å²) in [5.74, 6) is 0.829. The molecule has 3 rings (SSSR count). The Labute approximate surface area is 122 Å². The lowest BCUT2D eigenvalue weighted by Crippen LogP contribution is -2.17. The van der Waals surface area contributed by atoms with E-state index in [4.69, 9.17) is 4.42 Å². The fourth-order valence-corrected chi connectivity index (χ4v) is 2.27. The Kier molecular flexibility index (Phi) is 3.60. The first-order valence-corrected chi connectivity index (χ1v) is 6.75. The fourth-order valence-electron chi connectivity index (χ4n) is 2.27. The van der Waals surface area contributed by atoms with Crippen LogP contribution in [0, 0.1) is 0 Å². The van der Waals surface area contributed by atoms with Gasteiger partial charge < -0.3 is 14.3 Å². The van der Waals surface area contributed by atoms with Crippen LogP contribution in [0.25, 0.3) is 0 Å². The number of anilines is 1. The molecule has 4 nitrogen and oxygen atoms in total. The van der Waals surface area contributed by atoms with E-state index in [0.29, 0.717) is 0 Å². The molecule has 1 atom stereocenters. The summed E-state index contributed by atoms with van der Waals surface area (Å²) in [5.41, 5.74) is 1.93. The van der Waals surface area contributed by atoms with Crippen LogP contribution in [0.3, 0.4) is 0 Å². The molecule has 0 aliphatic carbocycles. The summed E-state index contributed by atoms with van der Waals surface area (Å²) in [5, 5.41) is 3.41. The lowest BCUT2D eigenvalue weighted by atomic mass is 10.0. The minimum absolute atomic E-state index is 0.0326. The third kappa shape index (κ3) is 2.89. The summed E-state index contributed by atoms with van der Waals surface area (Å²) in [6, 6.07) is 17.1. The molecule has 106 valence electrons. The van der Waals surface area contributed by atoms with Crippen LogP contribution in [0.5, 0.6) is 0 Å². The Morgan fingerprint density at radius 2 is 1.86 bits per heavy atom. The number of furan rings is 1. The van der Waals surface area contributed by atoms with Crippen LogP contribution in [0.4, 0.5) is 5.69 Å². The molecule has 0 spiro atoms. The van der Waals surface area contributed by atoms with E-state index in [-0.39, 0.29) is 11.6 Å². The van der Waals surface area contributed by atoms with Crippen molar-refractivity contribution in [2.45, 2.75) is 6.04 Å². The first-order valence-electron chi connectivity index (χ1n) is 6.75. The normalized spacial score (nSPS) is 12.0. The molecule has 0 saturated heterocycles. The van der Waals surface area contributed by atoms with E-state index in [9.17, 15) is 4.79 Å². The maximum Gasteiger partial charge on any atom is 0.250 e. The Balaban J connectivity index is 1.96. The molecule has 1 unspecified atom stereocenters. The Morgan fingerprint density at radius 1 is 1.05 bits per heavy atom. The Bertz CT molecular complexity index is 761. The van der Waals surface area contributed by atoms with Gasteiger partial charge in [-0.2, -0.15) is 0 Å². The first kappa shape index (κ1) is 13.2. The van der Waals surface area contributed by atoms with Gasteiger partial charge in [0.1, 0.15) is 11.8 Å². The highest BCUT2D eigenvalue weighted by molar-refractivity contribution is 5.46. The molecule has 0 bridgehead atoms. The Morgan fingerprint density at radius 3 is 2.52 bits per heavy atom. The molecule has 1 N–H and O–H groups in total. The summed E-state index contributed by atoms with van der Waals surface area (Å²) in [6.45, 7) is 0. The van der Waals surface area contributed by atoms with E-state index >= 15 is 0 Å². The first-order chi connectivity index (χ1) is 10.2. The highest BCUT2D eigenvalue weighted by Gasteiger charge is 2.16. The minimum atomic E-state index is -0.0984. The molecule has 21 heavy (non-hydrogen) atoms. The number of aromatic nitrogens is 1. The number of pyridine rings is 1. The van der Waals surface area contributed by atoms with Crippen molar-refractivity contribution in [3.05, 3.63) is 88.7 Å². The quantitative estimate of drug-likeness (QED) is 0.798. The fraction of sp³-hybridized carbons (Fsp3) is 0.118. The van der Waals surface area contributed by atoms with Crippen LogP contribution in [0.1, 0.15) is 17.4 Å². The maximum atomic E-state index is 11.5. The zero-order chi connectivity index (χ0) is 14.7. The van der Waals surface area contributed by atoms with Gasteiger partial charge in [-0.05, 0) is 23.8 Å². The van der Waals surface area contributed by atoms with Crippen molar-refractivity contribution in [3.8, 4) is 0 Å². The van der Waals surface area contributed by atoms with Gasteiger partial charge in [-0.25, -0.2) is 0 Å². The zero-order valence-electron chi connectivity index (χ0n) is 11.7. The molecule has 0 radical (unpaired) electrons. The molecule has 2 heterocycles. The predicted octanol–water partition coefficient (Wildman–Crippen LogP) is 3.18. The molecule has 4 heteroatoms. The van der Waals surface area contributed by atoms with Crippen molar-refractivity contribution in [2.24, 2.45) is 7.05 Å². The molecule has 3 aromatic rings. The number of nitrogens with zero attached hydrogens (tertiary/aromatic N) is 1. The number of aryl methyl sites for hydroxylation is 1. The molecule has 0 amide bonds. The van der Waals surface area contributed by atoms with E-state index in [1.807, 2.05) is 42.5 Å². The third-order valence-corrected chi connectivity index (χ3v) is 3.36. The van der Waals surface area contributed by atoms with Crippen LogP contribution >= 0.6 is 0 Å². The van der Waals surface area contributed by atoms with E-state index < -0.39 is 0 Å². The van der Waals surface area contributed by atoms with Crippen molar-refractivity contribution in [1.82, 2.24) is 4.57 Å². The SMILES string of the molecule is Cn1cc(NC(c2ccccc2)c2ccco2)ccc1=O. The topological polar surface area (TPSA) is 47.2 Å². The van der Waals surface area contributed by atoms with E-state index in [0.717, 1.165) is 17.0 Å². The average molecular weight is 280 g/mol. The van der Waals surface area contributed by atoms with Crippen LogP contribution in [0.2, 0.25) is 0 Å². The highest BCUT2D eigenvalue weighted by atomic mass is 16.3. The molecular weight excluding hydrogens is 264 g/mol. The van der Waals surface area contributed by atoms with Crippen molar-refractivity contribution in [3.63, 3.8) is 0 Å². The van der Waals surface area contributed by atoms with Gasteiger partial charge in [-0.1, -0.05) is 30.3 Å².